The molecule has 2 aromatic heterocycles. The zero-order chi connectivity index (χ0) is 23.8. The molecule has 0 atom stereocenters. The lowest BCUT2D eigenvalue weighted by Gasteiger charge is -2.35. The first-order valence-corrected chi connectivity index (χ1v) is 12.2. The summed E-state index contributed by atoms with van der Waals surface area (Å²) in [5, 5.41) is 4.76. The predicted molar refractivity (Wildman–Crippen MR) is 129 cm³/mol. The summed E-state index contributed by atoms with van der Waals surface area (Å²) in [6.07, 6.45) is 3.87. The first-order chi connectivity index (χ1) is 16.4. The van der Waals surface area contributed by atoms with Crippen LogP contribution in [0, 0.1) is 12.7 Å². The van der Waals surface area contributed by atoms with Crippen LogP contribution in [0.4, 0.5) is 10.2 Å². The zero-order valence-corrected chi connectivity index (χ0v) is 20.1. The average molecular weight is 463 g/mol. The number of benzene rings is 1. The average Bonchev–Trinajstić information content (AvgIpc) is 3.23. The first-order valence-electron chi connectivity index (χ1n) is 12.2. The lowest BCUT2D eigenvalue weighted by Crippen LogP contribution is -2.49. The van der Waals surface area contributed by atoms with Crippen LogP contribution in [0.15, 0.2) is 30.3 Å². The van der Waals surface area contributed by atoms with Crippen LogP contribution in [-0.2, 0) is 12.8 Å². The standard InChI is InChI=1S/C26H31FN6O/c1-17(2)25-28-18(3)16-23(29-25)31-12-14-32(15-13-31)26(34)24-21-6-4-5-7-22(21)33(30-24)20-10-8-19(27)9-11-20/h8-11,16-17H,4-7,12-15H2,1-3H3. The Labute approximate surface area is 199 Å². The van der Waals surface area contributed by atoms with Gasteiger partial charge in [-0.05, 0) is 56.9 Å². The molecule has 1 aliphatic carbocycles. The van der Waals surface area contributed by atoms with E-state index in [-0.39, 0.29) is 17.6 Å². The molecule has 0 N–H and O–H groups in total. The zero-order valence-electron chi connectivity index (χ0n) is 20.1. The number of carbonyl (C=O) groups is 1. The molecule has 1 aromatic carbocycles. The van der Waals surface area contributed by atoms with Crippen LogP contribution in [0.5, 0.6) is 0 Å². The smallest absolute Gasteiger partial charge is 0.274 e. The van der Waals surface area contributed by atoms with E-state index >= 15 is 0 Å². The molecular weight excluding hydrogens is 431 g/mol. The fraction of sp³-hybridized carbons (Fsp3) is 0.462. The predicted octanol–water partition coefficient (Wildman–Crippen LogP) is 4.07. The van der Waals surface area contributed by atoms with Gasteiger partial charge in [-0.1, -0.05) is 13.8 Å². The molecule has 2 aliphatic rings. The van der Waals surface area contributed by atoms with Gasteiger partial charge in [0.05, 0.1) is 5.69 Å². The molecule has 0 radical (unpaired) electrons. The maximum Gasteiger partial charge on any atom is 0.274 e. The summed E-state index contributed by atoms with van der Waals surface area (Å²) in [5.41, 5.74) is 4.44. The molecule has 0 spiro atoms. The van der Waals surface area contributed by atoms with Gasteiger partial charge in [0.15, 0.2) is 5.69 Å². The lowest BCUT2D eigenvalue weighted by atomic mass is 9.95. The summed E-state index contributed by atoms with van der Waals surface area (Å²) in [6.45, 7) is 8.88. The molecule has 1 saturated heterocycles. The SMILES string of the molecule is Cc1cc(N2CCN(C(=O)c3nn(-c4ccc(F)cc4)c4c3CCCC4)CC2)nc(C(C)C)n1. The Kier molecular flexibility index (Phi) is 6.06. The van der Waals surface area contributed by atoms with Gasteiger partial charge in [0.1, 0.15) is 17.5 Å². The van der Waals surface area contributed by atoms with Crippen molar-refractivity contribution in [1.29, 1.82) is 0 Å². The van der Waals surface area contributed by atoms with E-state index in [1.165, 1.54) is 12.1 Å². The molecule has 1 fully saturated rings. The fourth-order valence-corrected chi connectivity index (χ4v) is 4.85. The number of carbonyl (C=O) groups excluding carboxylic acids is 1. The highest BCUT2D eigenvalue weighted by Gasteiger charge is 2.30. The van der Waals surface area contributed by atoms with Crippen molar-refractivity contribution < 1.29 is 9.18 Å². The van der Waals surface area contributed by atoms with E-state index in [2.05, 4.69) is 23.7 Å². The van der Waals surface area contributed by atoms with Crippen molar-refractivity contribution in [2.75, 3.05) is 31.1 Å². The van der Waals surface area contributed by atoms with Crippen molar-refractivity contribution in [1.82, 2.24) is 24.6 Å². The number of anilines is 1. The quantitative estimate of drug-likeness (QED) is 0.585. The molecule has 0 bridgehead atoms. The summed E-state index contributed by atoms with van der Waals surface area (Å²) in [4.78, 5) is 27.0. The molecule has 8 heteroatoms. The molecule has 5 rings (SSSR count). The second kappa shape index (κ2) is 9.16. The molecule has 1 amide bonds. The van der Waals surface area contributed by atoms with Crippen molar-refractivity contribution in [3.63, 3.8) is 0 Å². The number of aryl methyl sites for hydroxylation is 1. The van der Waals surface area contributed by atoms with Gasteiger partial charge in [-0.25, -0.2) is 19.0 Å². The Morgan fingerprint density at radius 3 is 2.41 bits per heavy atom. The van der Waals surface area contributed by atoms with Gasteiger partial charge in [-0.3, -0.25) is 4.79 Å². The van der Waals surface area contributed by atoms with E-state index < -0.39 is 0 Å². The van der Waals surface area contributed by atoms with E-state index in [0.29, 0.717) is 18.8 Å². The third-order valence-electron chi connectivity index (χ3n) is 6.72. The lowest BCUT2D eigenvalue weighted by molar-refractivity contribution is 0.0739. The summed E-state index contributed by atoms with van der Waals surface area (Å²) < 4.78 is 15.3. The van der Waals surface area contributed by atoms with Crippen LogP contribution in [-0.4, -0.2) is 56.7 Å². The second-order valence-electron chi connectivity index (χ2n) is 9.53. The van der Waals surface area contributed by atoms with Gasteiger partial charge in [0.25, 0.3) is 5.91 Å². The molecule has 7 nitrogen and oxygen atoms in total. The Hall–Kier alpha value is -3.29. The monoisotopic (exact) mass is 462 g/mol. The van der Waals surface area contributed by atoms with Crippen molar-refractivity contribution in [3.05, 3.63) is 64.6 Å². The number of rotatable bonds is 4. The number of fused-ring (bicyclic) bond motifs is 1. The molecular formula is C26H31FN6O. The topological polar surface area (TPSA) is 67.2 Å². The summed E-state index contributed by atoms with van der Waals surface area (Å²) in [7, 11) is 0. The third kappa shape index (κ3) is 4.29. The van der Waals surface area contributed by atoms with Gasteiger partial charge in [-0.2, -0.15) is 5.10 Å². The number of nitrogens with zero attached hydrogens (tertiary/aromatic N) is 6. The van der Waals surface area contributed by atoms with Gasteiger partial charge < -0.3 is 9.80 Å². The largest absolute Gasteiger partial charge is 0.353 e. The fourth-order valence-electron chi connectivity index (χ4n) is 4.85. The minimum Gasteiger partial charge on any atom is -0.353 e. The Balaban J connectivity index is 1.36. The summed E-state index contributed by atoms with van der Waals surface area (Å²) >= 11 is 0. The van der Waals surface area contributed by atoms with E-state index in [1.54, 1.807) is 12.1 Å². The highest BCUT2D eigenvalue weighted by molar-refractivity contribution is 5.94. The number of halogens is 1. The minimum absolute atomic E-state index is 0.0135. The number of hydrogen-bond acceptors (Lipinski definition) is 5. The van der Waals surface area contributed by atoms with Gasteiger partial charge in [0.2, 0.25) is 0 Å². The first kappa shape index (κ1) is 22.5. The van der Waals surface area contributed by atoms with Gasteiger partial charge in [-0.15, -0.1) is 0 Å². The number of amides is 1. The van der Waals surface area contributed by atoms with Crippen LogP contribution >= 0.6 is 0 Å². The van der Waals surface area contributed by atoms with Crippen LogP contribution in [0.1, 0.15) is 65.9 Å². The molecule has 178 valence electrons. The normalized spacial score (nSPS) is 16.1. The van der Waals surface area contributed by atoms with Crippen molar-refractivity contribution in [3.8, 4) is 5.69 Å². The number of aromatic nitrogens is 4. The van der Waals surface area contributed by atoms with Crippen LogP contribution in [0.25, 0.3) is 5.69 Å². The van der Waals surface area contributed by atoms with E-state index in [0.717, 1.165) is 73.1 Å². The van der Waals surface area contributed by atoms with Crippen LogP contribution < -0.4 is 4.90 Å². The Bertz CT molecular complexity index is 1190. The van der Waals surface area contributed by atoms with Crippen molar-refractivity contribution in [2.24, 2.45) is 0 Å². The van der Waals surface area contributed by atoms with Crippen LogP contribution in [0.2, 0.25) is 0 Å². The molecule has 0 saturated carbocycles. The van der Waals surface area contributed by atoms with E-state index in [1.807, 2.05) is 22.6 Å². The number of piperazine rings is 1. The molecule has 1 aliphatic heterocycles. The molecule has 0 unspecified atom stereocenters. The van der Waals surface area contributed by atoms with Crippen LogP contribution in [0.3, 0.4) is 0 Å². The molecule has 3 heterocycles. The summed E-state index contributed by atoms with van der Waals surface area (Å²) in [6, 6.07) is 8.34. The highest BCUT2D eigenvalue weighted by Crippen LogP contribution is 2.28. The Morgan fingerprint density at radius 2 is 1.71 bits per heavy atom. The maximum atomic E-state index is 13.6. The maximum absolute atomic E-state index is 13.6. The summed E-state index contributed by atoms with van der Waals surface area (Å²) in [5.74, 6) is 1.76. The number of hydrogen-bond donors (Lipinski definition) is 0. The van der Waals surface area contributed by atoms with Crippen molar-refractivity contribution in [2.45, 2.75) is 52.4 Å². The Morgan fingerprint density at radius 1 is 1.00 bits per heavy atom. The third-order valence-corrected chi connectivity index (χ3v) is 6.72. The van der Waals surface area contributed by atoms with Gasteiger partial charge in [0, 0.05) is 55.1 Å². The minimum atomic E-state index is -0.279. The van der Waals surface area contributed by atoms with E-state index in [4.69, 9.17) is 10.1 Å². The molecule has 3 aromatic rings. The molecule has 34 heavy (non-hydrogen) atoms. The van der Waals surface area contributed by atoms with E-state index in [9.17, 15) is 9.18 Å². The highest BCUT2D eigenvalue weighted by atomic mass is 19.1. The van der Waals surface area contributed by atoms with Gasteiger partial charge >= 0.3 is 0 Å². The second-order valence-corrected chi connectivity index (χ2v) is 9.53. The van der Waals surface area contributed by atoms with Crippen molar-refractivity contribution >= 4 is 11.7 Å².